The van der Waals surface area contributed by atoms with Gasteiger partial charge in [0, 0.05) is 12.0 Å². The Labute approximate surface area is 101 Å². The van der Waals surface area contributed by atoms with Crippen LogP contribution in [0.4, 0.5) is 0 Å². The molecule has 1 N–H and O–H groups in total. The molecule has 0 unspecified atom stereocenters. The highest BCUT2D eigenvalue weighted by molar-refractivity contribution is 5.68. The van der Waals surface area contributed by atoms with Crippen LogP contribution in [0.15, 0.2) is 6.07 Å². The van der Waals surface area contributed by atoms with Gasteiger partial charge >= 0.3 is 5.97 Å². The minimum atomic E-state index is -0.814. The van der Waals surface area contributed by atoms with Gasteiger partial charge in [0.2, 0.25) is 0 Å². The first-order valence-corrected chi connectivity index (χ1v) is 5.44. The van der Waals surface area contributed by atoms with Crippen molar-refractivity contribution >= 4 is 5.97 Å². The molecule has 17 heavy (non-hydrogen) atoms. The van der Waals surface area contributed by atoms with E-state index < -0.39 is 5.97 Å². The van der Waals surface area contributed by atoms with Crippen LogP contribution in [0.1, 0.15) is 23.1 Å². The van der Waals surface area contributed by atoms with E-state index in [0.717, 1.165) is 16.7 Å². The maximum atomic E-state index is 10.6. The lowest BCUT2D eigenvalue weighted by molar-refractivity contribution is -0.136. The minimum Gasteiger partial charge on any atom is -0.493 e. The lowest BCUT2D eigenvalue weighted by Crippen LogP contribution is -2.04. The van der Waals surface area contributed by atoms with Gasteiger partial charge in [-0.05, 0) is 31.4 Å². The summed E-state index contributed by atoms with van der Waals surface area (Å²) in [7, 11) is 3.15. The lowest BCUT2D eigenvalue weighted by Gasteiger charge is -2.17. The van der Waals surface area contributed by atoms with Gasteiger partial charge in [-0.25, -0.2) is 0 Å². The second kappa shape index (κ2) is 5.57. The van der Waals surface area contributed by atoms with Crippen molar-refractivity contribution < 1.29 is 19.4 Å². The molecule has 94 valence electrons. The van der Waals surface area contributed by atoms with E-state index in [2.05, 4.69) is 0 Å². The third-order valence-electron chi connectivity index (χ3n) is 2.74. The van der Waals surface area contributed by atoms with Crippen molar-refractivity contribution in [1.29, 1.82) is 0 Å². The molecule has 0 aliphatic rings. The number of carboxylic acids is 1. The molecule has 0 aromatic heterocycles. The average Bonchev–Trinajstić information content (AvgIpc) is 2.26. The Bertz CT molecular complexity index is 424. The summed E-state index contributed by atoms with van der Waals surface area (Å²) in [6, 6.07) is 1.98. The molecule has 0 spiro atoms. The monoisotopic (exact) mass is 238 g/mol. The van der Waals surface area contributed by atoms with E-state index in [4.69, 9.17) is 14.6 Å². The normalized spacial score (nSPS) is 10.1. The molecule has 0 aliphatic carbocycles. The van der Waals surface area contributed by atoms with E-state index >= 15 is 0 Å². The predicted molar refractivity (Wildman–Crippen MR) is 65.0 cm³/mol. The fraction of sp³-hybridized carbons (Fsp3) is 0.462. The van der Waals surface area contributed by atoms with Crippen molar-refractivity contribution in [2.45, 2.75) is 26.7 Å². The summed E-state index contributed by atoms with van der Waals surface area (Å²) in [4.78, 5) is 10.6. The largest absolute Gasteiger partial charge is 0.493 e. The van der Waals surface area contributed by atoms with Gasteiger partial charge in [-0.3, -0.25) is 4.79 Å². The van der Waals surface area contributed by atoms with Gasteiger partial charge in [0.15, 0.2) is 11.5 Å². The number of aliphatic carboxylic acids is 1. The smallest absolute Gasteiger partial charge is 0.303 e. The molecule has 0 saturated heterocycles. The van der Waals surface area contributed by atoms with Gasteiger partial charge in [0.1, 0.15) is 0 Å². The fourth-order valence-corrected chi connectivity index (χ4v) is 1.98. The van der Waals surface area contributed by atoms with Crippen molar-refractivity contribution in [1.82, 2.24) is 0 Å². The first kappa shape index (κ1) is 13.4. The molecule has 0 bridgehead atoms. The summed E-state index contributed by atoms with van der Waals surface area (Å²) in [6.45, 7) is 3.89. The molecule has 1 rings (SSSR count). The van der Waals surface area contributed by atoms with Gasteiger partial charge in [0.25, 0.3) is 0 Å². The number of hydrogen-bond donors (Lipinski definition) is 1. The van der Waals surface area contributed by atoms with Crippen LogP contribution in [-0.4, -0.2) is 25.3 Å². The molecular weight excluding hydrogens is 220 g/mol. The number of hydrogen-bond acceptors (Lipinski definition) is 3. The van der Waals surface area contributed by atoms with Crippen molar-refractivity contribution in [2.24, 2.45) is 0 Å². The molecule has 0 atom stereocenters. The number of benzene rings is 1. The molecule has 0 heterocycles. The summed E-state index contributed by atoms with van der Waals surface area (Å²) in [5, 5.41) is 8.74. The van der Waals surface area contributed by atoms with Crippen LogP contribution in [0.3, 0.4) is 0 Å². The van der Waals surface area contributed by atoms with Gasteiger partial charge in [-0.15, -0.1) is 0 Å². The van der Waals surface area contributed by atoms with Gasteiger partial charge in [0.05, 0.1) is 14.2 Å². The van der Waals surface area contributed by atoms with Gasteiger partial charge in [-0.1, -0.05) is 6.07 Å². The highest BCUT2D eigenvalue weighted by Crippen LogP contribution is 2.37. The number of rotatable bonds is 5. The number of methoxy groups -OCH3 is 2. The van der Waals surface area contributed by atoms with E-state index in [0.29, 0.717) is 17.9 Å². The van der Waals surface area contributed by atoms with Crippen LogP contribution in [0.2, 0.25) is 0 Å². The Balaban J connectivity index is 3.21. The first-order valence-electron chi connectivity index (χ1n) is 5.44. The van der Waals surface area contributed by atoms with E-state index in [1.54, 1.807) is 14.2 Å². The topological polar surface area (TPSA) is 55.8 Å². The Morgan fingerprint density at radius 3 is 2.24 bits per heavy atom. The highest BCUT2D eigenvalue weighted by atomic mass is 16.5. The molecule has 0 radical (unpaired) electrons. The number of carbonyl (C=O) groups is 1. The van der Waals surface area contributed by atoms with Crippen LogP contribution < -0.4 is 9.47 Å². The molecule has 4 nitrogen and oxygen atoms in total. The maximum absolute atomic E-state index is 10.6. The Kier molecular flexibility index (Phi) is 4.37. The standard InChI is InChI=1S/C13H18O4/c1-8-7-9(2)12(16-3)13(17-4)10(8)5-6-11(14)15/h7H,5-6H2,1-4H3,(H,14,15). The van der Waals surface area contributed by atoms with E-state index in [-0.39, 0.29) is 6.42 Å². The number of carboxylic acid groups (broad SMARTS) is 1. The maximum Gasteiger partial charge on any atom is 0.303 e. The summed E-state index contributed by atoms with van der Waals surface area (Å²) < 4.78 is 10.6. The van der Waals surface area contributed by atoms with Gasteiger partial charge in [-0.2, -0.15) is 0 Å². The van der Waals surface area contributed by atoms with Crippen LogP contribution in [0.5, 0.6) is 11.5 Å². The molecule has 0 fully saturated rings. The summed E-state index contributed by atoms with van der Waals surface area (Å²) in [5.41, 5.74) is 2.92. The van der Waals surface area contributed by atoms with Crippen molar-refractivity contribution in [3.8, 4) is 11.5 Å². The third kappa shape index (κ3) is 2.90. The Morgan fingerprint density at radius 2 is 1.76 bits per heavy atom. The summed E-state index contributed by atoms with van der Waals surface area (Å²) in [5.74, 6) is 0.510. The van der Waals surface area contributed by atoms with Gasteiger partial charge < -0.3 is 14.6 Å². The average molecular weight is 238 g/mol. The zero-order chi connectivity index (χ0) is 13.0. The minimum absolute atomic E-state index is 0.0867. The zero-order valence-corrected chi connectivity index (χ0v) is 10.7. The predicted octanol–water partition coefficient (Wildman–Crippen LogP) is 2.34. The van der Waals surface area contributed by atoms with Crippen molar-refractivity contribution in [3.63, 3.8) is 0 Å². The molecule has 0 amide bonds. The number of aryl methyl sites for hydroxylation is 2. The Hall–Kier alpha value is -1.71. The molecule has 0 aliphatic heterocycles. The van der Waals surface area contributed by atoms with Crippen LogP contribution in [-0.2, 0) is 11.2 Å². The summed E-state index contributed by atoms with van der Waals surface area (Å²) >= 11 is 0. The van der Waals surface area contributed by atoms with E-state index in [1.165, 1.54) is 0 Å². The zero-order valence-electron chi connectivity index (χ0n) is 10.7. The summed E-state index contributed by atoms with van der Waals surface area (Å²) in [6.07, 6.45) is 0.532. The fourth-order valence-electron chi connectivity index (χ4n) is 1.98. The molecular formula is C13H18O4. The first-order chi connectivity index (χ1) is 8.01. The second-order valence-electron chi connectivity index (χ2n) is 3.95. The van der Waals surface area contributed by atoms with E-state index in [9.17, 15) is 4.79 Å². The van der Waals surface area contributed by atoms with Crippen molar-refractivity contribution in [3.05, 3.63) is 22.8 Å². The number of ether oxygens (including phenoxy) is 2. The van der Waals surface area contributed by atoms with Crippen molar-refractivity contribution in [2.75, 3.05) is 14.2 Å². The Morgan fingerprint density at radius 1 is 1.18 bits per heavy atom. The quantitative estimate of drug-likeness (QED) is 0.855. The molecule has 1 aromatic rings. The highest BCUT2D eigenvalue weighted by Gasteiger charge is 2.16. The second-order valence-corrected chi connectivity index (χ2v) is 3.95. The third-order valence-corrected chi connectivity index (χ3v) is 2.74. The lowest BCUT2D eigenvalue weighted by atomic mass is 9.99. The molecule has 4 heteroatoms. The van der Waals surface area contributed by atoms with E-state index in [1.807, 2.05) is 19.9 Å². The molecule has 0 saturated carbocycles. The SMILES string of the molecule is COc1c(C)cc(C)c(CCC(=O)O)c1OC. The van der Waals surface area contributed by atoms with Crippen LogP contribution in [0.25, 0.3) is 0 Å². The van der Waals surface area contributed by atoms with Crippen LogP contribution >= 0.6 is 0 Å². The van der Waals surface area contributed by atoms with Crippen LogP contribution in [0, 0.1) is 13.8 Å². The molecule has 1 aromatic carbocycles.